The number of rotatable bonds is 6. The highest BCUT2D eigenvalue weighted by Gasteiger charge is 2.16. The third kappa shape index (κ3) is 3.19. The van der Waals surface area contributed by atoms with Gasteiger partial charge >= 0.3 is 0 Å². The van der Waals surface area contributed by atoms with E-state index in [1.165, 1.54) is 0 Å². The van der Waals surface area contributed by atoms with Gasteiger partial charge in [-0.25, -0.2) is 0 Å². The van der Waals surface area contributed by atoms with Crippen LogP contribution in [0.3, 0.4) is 0 Å². The van der Waals surface area contributed by atoms with E-state index >= 15 is 0 Å². The largest absolute Gasteiger partial charge is 0.493 e. The number of allylic oxidation sites excluding steroid dienone is 1. The Morgan fingerprint density at radius 1 is 1.32 bits per heavy atom. The minimum Gasteiger partial charge on any atom is -0.493 e. The van der Waals surface area contributed by atoms with Crippen LogP contribution in [0.2, 0.25) is 0 Å². The molecule has 0 spiro atoms. The minimum absolute atomic E-state index is 0.242. The Morgan fingerprint density at radius 2 is 2.16 bits per heavy atom. The number of H-pyrrole nitrogens is 1. The summed E-state index contributed by atoms with van der Waals surface area (Å²) >= 11 is 0. The predicted molar refractivity (Wildman–Crippen MR) is 97.5 cm³/mol. The van der Waals surface area contributed by atoms with Crippen molar-refractivity contribution in [3.05, 3.63) is 60.3 Å². The number of para-hydroxylation sites is 1. The second kappa shape index (κ2) is 7.09. The summed E-state index contributed by atoms with van der Waals surface area (Å²) in [7, 11) is 3.12. The number of benzene rings is 2. The van der Waals surface area contributed by atoms with E-state index in [4.69, 9.17) is 9.47 Å². The molecule has 3 rings (SSSR count). The molecule has 0 aliphatic heterocycles. The van der Waals surface area contributed by atoms with Gasteiger partial charge in [0.1, 0.15) is 0 Å². The lowest BCUT2D eigenvalue weighted by Crippen LogP contribution is -2.13. The number of anilines is 1. The molecular formula is C19H19N3O3. The van der Waals surface area contributed by atoms with Crippen LogP contribution >= 0.6 is 0 Å². The molecule has 1 heterocycles. The first-order chi connectivity index (χ1) is 12.2. The van der Waals surface area contributed by atoms with Crippen LogP contribution < -0.4 is 14.8 Å². The number of methoxy groups -OCH3 is 2. The van der Waals surface area contributed by atoms with Crippen LogP contribution in [0.1, 0.15) is 15.9 Å². The van der Waals surface area contributed by atoms with Gasteiger partial charge in [-0.05, 0) is 24.6 Å². The smallest absolute Gasteiger partial charge is 0.255 e. The average molecular weight is 337 g/mol. The fourth-order valence-corrected chi connectivity index (χ4v) is 2.75. The molecule has 6 heteroatoms. The molecule has 0 unspecified atom stereocenters. The third-order valence-corrected chi connectivity index (χ3v) is 3.91. The number of nitrogens with one attached hydrogen (secondary N) is 2. The van der Waals surface area contributed by atoms with Crippen LogP contribution in [0.25, 0.3) is 10.9 Å². The number of hydrogen-bond acceptors (Lipinski definition) is 4. The molecule has 0 fully saturated rings. The molecule has 0 saturated heterocycles. The Balaban J connectivity index is 1.97. The number of aromatic nitrogens is 2. The fraction of sp³-hybridized carbons (Fsp3) is 0.158. The molecule has 0 bridgehead atoms. The Labute approximate surface area is 145 Å². The van der Waals surface area contributed by atoms with E-state index in [2.05, 4.69) is 22.1 Å². The number of hydrogen-bond donors (Lipinski definition) is 2. The topological polar surface area (TPSA) is 76.2 Å². The van der Waals surface area contributed by atoms with Crippen molar-refractivity contribution in [2.45, 2.75) is 6.42 Å². The molecular weight excluding hydrogens is 318 g/mol. The van der Waals surface area contributed by atoms with Crippen molar-refractivity contribution >= 4 is 22.5 Å². The number of ether oxygens (including phenoxy) is 2. The van der Waals surface area contributed by atoms with E-state index < -0.39 is 0 Å². The van der Waals surface area contributed by atoms with Gasteiger partial charge in [-0.15, -0.1) is 6.58 Å². The Morgan fingerprint density at radius 3 is 2.88 bits per heavy atom. The molecule has 0 radical (unpaired) electrons. The predicted octanol–water partition coefficient (Wildman–Crippen LogP) is 3.56. The van der Waals surface area contributed by atoms with Crippen molar-refractivity contribution < 1.29 is 14.3 Å². The molecule has 0 atom stereocenters. The van der Waals surface area contributed by atoms with Gasteiger partial charge in [0.15, 0.2) is 11.5 Å². The van der Waals surface area contributed by atoms with Gasteiger partial charge in [-0.3, -0.25) is 9.89 Å². The van der Waals surface area contributed by atoms with Gasteiger partial charge in [-0.1, -0.05) is 18.2 Å². The lowest BCUT2D eigenvalue weighted by molar-refractivity contribution is 0.102. The number of amides is 1. The number of nitrogens with zero attached hydrogens (tertiary/aromatic N) is 1. The van der Waals surface area contributed by atoms with Crippen LogP contribution in [0, 0.1) is 0 Å². The van der Waals surface area contributed by atoms with Gasteiger partial charge in [0.05, 0.1) is 31.6 Å². The average Bonchev–Trinajstić information content (AvgIpc) is 3.11. The van der Waals surface area contributed by atoms with E-state index in [-0.39, 0.29) is 5.91 Å². The van der Waals surface area contributed by atoms with Crippen molar-refractivity contribution in [1.82, 2.24) is 10.2 Å². The normalized spacial score (nSPS) is 10.5. The van der Waals surface area contributed by atoms with Gasteiger partial charge in [0, 0.05) is 16.5 Å². The molecule has 1 amide bonds. The van der Waals surface area contributed by atoms with Crippen LogP contribution in [0.15, 0.2) is 49.2 Å². The minimum atomic E-state index is -0.242. The zero-order valence-electron chi connectivity index (χ0n) is 14.1. The van der Waals surface area contributed by atoms with E-state index in [1.807, 2.05) is 18.2 Å². The quantitative estimate of drug-likeness (QED) is 0.674. The highest BCUT2D eigenvalue weighted by molar-refractivity contribution is 6.08. The number of carbonyl (C=O) groups is 1. The number of carbonyl (C=O) groups excluding carboxylic acids is 1. The van der Waals surface area contributed by atoms with Crippen molar-refractivity contribution in [2.24, 2.45) is 0 Å². The van der Waals surface area contributed by atoms with Crippen molar-refractivity contribution in [1.29, 1.82) is 0 Å². The summed E-state index contributed by atoms with van der Waals surface area (Å²) in [4.78, 5) is 12.7. The maximum Gasteiger partial charge on any atom is 0.255 e. The molecule has 1 aromatic heterocycles. The maximum atomic E-state index is 12.7. The van der Waals surface area contributed by atoms with Gasteiger partial charge in [-0.2, -0.15) is 5.10 Å². The first-order valence-electron chi connectivity index (χ1n) is 7.77. The Bertz CT molecular complexity index is 931. The summed E-state index contributed by atoms with van der Waals surface area (Å²) in [5, 5.41) is 10.7. The molecule has 6 nitrogen and oxygen atoms in total. The second-order valence-corrected chi connectivity index (χ2v) is 5.46. The van der Waals surface area contributed by atoms with E-state index in [1.54, 1.807) is 38.6 Å². The number of fused-ring (bicyclic) bond motifs is 1. The van der Waals surface area contributed by atoms with Crippen molar-refractivity contribution in [3.63, 3.8) is 0 Å². The summed E-state index contributed by atoms with van der Waals surface area (Å²) < 4.78 is 10.8. The molecule has 0 aliphatic carbocycles. The molecule has 0 aliphatic rings. The van der Waals surface area contributed by atoms with Crippen LogP contribution in [-0.2, 0) is 6.42 Å². The summed E-state index contributed by atoms with van der Waals surface area (Å²) in [6, 6.07) is 9.06. The maximum absolute atomic E-state index is 12.7. The summed E-state index contributed by atoms with van der Waals surface area (Å²) in [6.45, 7) is 3.75. The van der Waals surface area contributed by atoms with Crippen LogP contribution in [-0.4, -0.2) is 30.3 Å². The molecule has 128 valence electrons. The lowest BCUT2D eigenvalue weighted by atomic mass is 10.0. The highest BCUT2D eigenvalue weighted by Crippen LogP contribution is 2.33. The van der Waals surface area contributed by atoms with Crippen molar-refractivity contribution in [3.8, 4) is 11.5 Å². The lowest BCUT2D eigenvalue weighted by Gasteiger charge is -2.14. The zero-order valence-corrected chi connectivity index (χ0v) is 14.1. The van der Waals surface area contributed by atoms with E-state index in [0.29, 0.717) is 29.2 Å². The highest BCUT2D eigenvalue weighted by atomic mass is 16.5. The molecule has 3 aromatic rings. The van der Waals surface area contributed by atoms with Gasteiger partial charge in [0.25, 0.3) is 5.91 Å². The van der Waals surface area contributed by atoms with Crippen molar-refractivity contribution in [2.75, 3.05) is 19.5 Å². The third-order valence-electron chi connectivity index (χ3n) is 3.91. The summed E-state index contributed by atoms with van der Waals surface area (Å²) in [5.74, 6) is 0.870. The van der Waals surface area contributed by atoms with Gasteiger partial charge < -0.3 is 14.8 Å². The Hall–Kier alpha value is -3.28. The number of aromatic amines is 1. The van der Waals surface area contributed by atoms with E-state index in [9.17, 15) is 4.79 Å². The summed E-state index contributed by atoms with van der Waals surface area (Å²) in [6.07, 6.45) is 4.03. The first kappa shape index (κ1) is 16.6. The second-order valence-electron chi connectivity index (χ2n) is 5.46. The molecule has 2 aromatic carbocycles. The first-order valence-corrected chi connectivity index (χ1v) is 7.77. The fourth-order valence-electron chi connectivity index (χ4n) is 2.75. The van der Waals surface area contributed by atoms with Gasteiger partial charge in [0.2, 0.25) is 0 Å². The standard InChI is InChI=1S/C19H19N3O3/c1-4-6-12-9-14(10-16(24-2)18(12)25-3)19(23)21-15-8-5-7-13-11-20-22-17(13)15/h4-5,7-11H,1,6H2,2-3H3,(H,20,22)(H,21,23). The SMILES string of the molecule is C=CCc1cc(C(=O)Nc2cccc3cn[nH]c23)cc(OC)c1OC. The van der Waals surface area contributed by atoms with Crippen LogP contribution in [0.5, 0.6) is 11.5 Å². The van der Waals surface area contributed by atoms with E-state index in [0.717, 1.165) is 16.5 Å². The molecule has 0 saturated carbocycles. The molecule has 2 N–H and O–H groups in total. The zero-order chi connectivity index (χ0) is 17.8. The van der Waals surface area contributed by atoms with Crippen LogP contribution in [0.4, 0.5) is 5.69 Å². The summed E-state index contributed by atoms with van der Waals surface area (Å²) in [5.41, 5.74) is 2.76. The molecule has 25 heavy (non-hydrogen) atoms. The monoisotopic (exact) mass is 337 g/mol. The Kier molecular flexibility index (Phi) is 4.70.